The van der Waals surface area contributed by atoms with Gasteiger partial charge in [0.15, 0.2) is 0 Å². The lowest BCUT2D eigenvalue weighted by molar-refractivity contribution is 0.138. The van der Waals surface area contributed by atoms with Crippen molar-refractivity contribution in [3.05, 3.63) is 59.4 Å². The molecule has 1 amide bonds. The number of phenolic OH excluding ortho intramolecular Hbond substituents is 1. The number of aromatic hydroxyl groups is 1. The van der Waals surface area contributed by atoms with Gasteiger partial charge in [0, 0.05) is 6.54 Å². The van der Waals surface area contributed by atoms with Crippen LogP contribution in [0.1, 0.15) is 31.0 Å². The van der Waals surface area contributed by atoms with E-state index in [4.69, 9.17) is 4.74 Å². The molecule has 2 rings (SSSR count). The molecule has 4 nitrogen and oxygen atoms in total. The summed E-state index contributed by atoms with van der Waals surface area (Å²) in [5, 5.41) is 9.35. The number of aryl methyl sites for hydroxylation is 1. The molecule has 0 aliphatic rings. The van der Waals surface area contributed by atoms with E-state index in [9.17, 15) is 14.3 Å². The van der Waals surface area contributed by atoms with Crippen molar-refractivity contribution in [2.75, 3.05) is 6.54 Å². The van der Waals surface area contributed by atoms with Gasteiger partial charge in [-0.1, -0.05) is 12.1 Å². The highest BCUT2D eigenvalue weighted by Crippen LogP contribution is 2.24. The van der Waals surface area contributed by atoms with E-state index >= 15 is 0 Å². The van der Waals surface area contributed by atoms with Gasteiger partial charge in [-0.05, 0) is 62.2 Å². The number of hydrogen-bond acceptors (Lipinski definition) is 3. The van der Waals surface area contributed by atoms with Gasteiger partial charge in [-0.3, -0.25) is 0 Å². The average Bonchev–Trinajstić information content (AvgIpc) is 2.52. The zero-order chi connectivity index (χ0) is 17.0. The van der Waals surface area contributed by atoms with Gasteiger partial charge in [0.05, 0.1) is 6.04 Å². The molecule has 2 aromatic rings. The van der Waals surface area contributed by atoms with Crippen molar-refractivity contribution < 1.29 is 19.0 Å². The van der Waals surface area contributed by atoms with E-state index in [2.05, 4.69) is 0 Å². The summed E-state index contributed by atoms with van der Waals surface area (Å²) in [5.74, 6) is 0.147. The van der Waals surface area contributed by atoms with Gasteiger partial charge in [0.25, 0.3) is 0 Å². The maximum atomic E-state index is 13.3. The van der Waals surface area contributed by atoms with E-state index in [1.165, 1.54) is 18.2 Å². The van der Waals surface area contributed by atoms with E-state index in [-0.39, 0.29) is 17.6 Å². The fourth-order valence-corrected chi connectivity index (χ4v) is 2.33. The maximum Gasteiger partial charge on any atom is 0.415 e. The van der Waals surface area contributed by atoms with Crippen molar-refractivity contribution in [3.63, 3.8) is 0 Å². The zero-order valence-electron chi connectivity index (χ0n) is 13.4. The summed E-state index contributed by atoms with van der Waals surface area (Å²) in [5.41, 5.74) is 1.31. The van der Waals surface area contributed by atoms with Crippen LogP contribution in [0.4, 0.5) is 9.18 Å². The number of benzene rings is 2. The Morgan fingerprint density at radius 3 is 2.48 bits per heavy atom. The lowest BCUT2D eigenvalue weighted by Crippen LogP contribution is -2.35. The van der Waals surface area contributed by atoms with Crippen LogP contribution in [-0.4, -0.2) is 22.6 Å². The first-order chi connectivity index (χ1) is 10.9. The fourth-order valence-electron chi connectivity index (χ4n) is 2.33. The molecular formula is C18H20FNO3. The SMILES string of the molecule is CCN(C(=O)Oc1ccc(F)c(C)c1)[C@@H](C)c1ccc(O)cc1. The first-order valence-corrected chi connectivity index (χ1v) is 7.46. The van der Waals surface area contributed by atoms with Gasteiger partial charge >= 0.3 is 6.09 Å². The van der Waals surface area contributed by atoms with Crippen LogP contribution in [0.25, 0.3) is 0 Å². The van der Waals surface area contributed by atoms with Crippen LogP contribution in [-0.2, 0) is 0 Å². The Labute approximate surface area is 135 Å². The van der Waals surface area contributed by atoms with Gasteiger partial charge in [-0.15, -0.1) is 0 Å². The third kappa shape index (κ3) is 4.00. The van der Waals surface area contributed by atoms with Crippen LogP contribution < -0.4 is 4.74 Å². The van der Waals surface area contributed by atoms with Crippen molar-refractivity contribution in [2.45, 2.75) is 26.8 Å². The van der Waals surface area contributed by atoms with Crippen molar-refractivity contribution in [1.82, 2.24) is 4.90 Å². The Morgan fingerprint density at radius 2 is 1.91 bits per heavy atom. The van der Waals surface area contributed by atoms with Crippen molar-refractivity contribution in [2.24, 2.45) is 0 Å². The molecule has 23 heavy (non-hydrogen) atoms. The van der Waals surface area contributed by atoms with E-state index in [0.717, 1.165) is 5.56 Å². The molecule has 2 aromatic carbocycles. The van der Waals surface area contributed by atoms with E-state index < -0.39 is 6.09 Å². The van der Waals surface area contributed by atoms with Gasteiger partial charge < -0.3 is 14.7 Å². The monoisotopic (exact) mass is 317 g/mol. The highest BCUT2D eigenvalue weighted by atomic mass is 19.1. The fraction of sp³-hybridized carbons (Fsp3) is 0.278. The highest BCUT2D eigenvalue weighted by molar-refractivity contribution is 5.71. The Balaban J connectivity index is 2.14. The molecule has 0 aromatic heterocycles. The third-order valence-corrected chi connectivity index (χ3v) is 3.75. The standard InChI is InChI=1S/C18H20FNO3/c1-4-20(13(3)14-5-7-15(21)8-6-14)18(22)23-16-9-10-17(19)12(2)11-16/h5-11,13,21H,4H2,1-3H3/t13-/m0/s1. The summed E-state index contributed by atoms with van der Waals surface area (Å²) in [4.78, 5) is 13.9. The Hall–Kier alpha value is -2.56. The van der Waals surface area contributed by atoms with Crippen LogP contribution in [0.5, 0.6) is 11.5 Å². The van der Waals surface area contributed by atoms with Gasteiger partial charge in [-0.2, -0.15) is 0 Å². The van der Waals surface area contributed by atoms with Crippen LogP contribution in [0.3, 0.4) is 0 Å². The third-order valence-electron chi connectivity index (χ3n) is 3.75. The van der Waals surface area contributed by atoms with Gasteiger partial charge in [-0.25, -0.2) is 9.18 Å². The summed E-state index contributed by atoms with van der Waals surface area (Å²) in [6.07, 6.45) is -0.501. The van der Waals surface area contributed by atoms with Crippen LogP contribution in [0.2, 0.25) is 0 Å². The molecular weight excluding hydrogens is 297 g/mol. The van der Waals surface area contributed by atoms with Crippen LogP contribution in [0.15, 0.2) is 42.5 Å². The molecule has 0 spiro atoms. The smallest absolute Gasteiger partial charge is 0.415 e. The minimum atomic E-state index is -0.501. The molecule has 0 aliphatic carbocycles. The number of hydrogen-bond donors (Lipinski definition) is 1. The molecule has 122 valence electrons. The summed E-state index contributed by atoms with van der Waals surface area (Å²) in [6.45, 7) is 5.81. The molecule has 0 unspecified atom stereocenters. The quantitative estimate of drug-likeness (QED) is 0.908. The maximum absolute atomic E-state index is 13.3. The first kappa shape index (κ1) is 16.8. The van der Waals surface area contributed by atoms with E-state index in [1.807, 2.05) is 13.8 Å². The second-order valence-electron chi connectivity index (χ2n) is 5.33. The topological polar surface area (TPSA) is 49.8 Å². The number of ether oxygens (including phenoxy) is 1. The summed E-state index contributed by atoms with van der Waals surface area (Å²) in [7, 11) is 0. The molecule has 0 heterocycles. The Kier molecular flexibility index (Phi) is 5.21. The second kappa shape index (κ2) is 7.13. The largest absolute Gasteiger partial charge is 0.508 e. The number of phenols is 1. The summed E-state index contributed by atoms with van der Waals surface area (Å²) < 4.78 is 18.6. The Morgan fingerprint density at radius 1 is 1.26 bits per heavy atom. The molecule has 0 radical (unpaired) electrons. The lowest BCUT2D eigenvalue weighted by atomic mass is 10.1. The van der Waals surface area contributed by atoms with E-state index in [1.54, 1.807) is 36.1 Å². The van der Waals surface area contributed by atoms with Crippen molar-refractivity contribution in [1.29, 1.82) is 0 Å². The molecule has 1 atom stereocenters. The predicted molar refractivity (Wildman–Crippen MR) is 86.1 cm³/mol. The van der Waals surface area contributed by atoms with Crippen molar-refractivity contribution >= 4 is 6.09 Å². The number of carbonyl (C=O) groups excluding carboxylic acids is 1. The minimum absolute atomic E-state index is 0.174. The number of amides is 1. The van der Waals surface area contributed by atoms with Gasteiger partial charge in [0.2, 0.25) is 0 Å². The molecule has 0 bridgehead atoms. The second-order valence-corrected chi connectivity index (χ2v) is 5.33. The highest BCUT2D eigenvalue weighted by Gasteiger charge is 2.22. The molecule has 5 heteroatoms. The molecule has 1 N–H and O–H groups in total. The minimum Gasteiger partial charge on any atom is -0.508 e. The number of nitrogens with zero attached hydrogens (tertiary/aromatic N) is 1. The number of carbonyl (C=O) groups is 1. The number of halogens is 1. The van der Waals surface area contributed by atoms with Gasteiger partial charge in [0.1, 0.15) is 17.3 Å². The Bertz CT molecular complexity index is 685. The first-order valence-electron chi connectivity index (χ1n) is 7.46. The summed E-state index contributed by atoms with van der Waals surface area (Å²) in [6, 6.07) is 10.7. The molecule has 0 fully saturated rings. The van der Waals surface area contributed by atoms with Crippen LogP contribution >= 0.6 is 0 Å². The lowest BCUT2D eigenvalue weighted by Gasteiger charge is -2.27. The van der Waals surface area contributed by atoms with Crippen LogP contribution in [0, 0.1) is 12.7 Å². The molecule has 0 saturated heterocycles. The number of rotatable bonds is 4. The average molecular weight is 317 g/mol. The summed E-state index contributed by atoms with van der Waals surface area (Å²) >= 11 is 0. The normalized spacial score (nSPS) is 11.8. The predicted octanol–water partition coefficient (Wildman–Crippen LogP) is 4.42. The molecule has 0 saturated carbocycles. The zero-order valence-corrected chi connectivity index (χ0v) is 13.4. The van der Waals surface area contributed by atoms with E-state index in [0.29, 0.717) is 17.9 Å². The molecule has 0 aliphatic heterocycles. The van der Waals surface area contributed by atoms with Crippen molar-refractivity contribution in [3.8, 4) is 11.5 Å².